The summed E-state index contributed by atoms with van der Waals surface area (Å²) in [5.41, 5.74) is 1.23. The molecule has 0 radical (unpaired) electrons. The van der Waals surface area contributed by atoms with Gasteiger partial charge in [-0.25, -0.2) is 0 Å². The highest BCUT2D eigenvalue weighted by molar-refractivity contribution is 5.85. The fourth-order valence-electron chi connectivity index (χ4n) is 2.18. The highest BCUT2D eigenvalue weighted by Gasteiger charge is 2.17. The standard InChI is InChI=1S/C13H14N2O/c1-2-10-4-5-14-8-12(10)11(3-1)13-9-15-6-7-16-13/h1-5,8,13,15H,6-7,9H2. The number of morpholine rings is 1. The molecule has 16 heavy (non-hydrogen) atoms. The van der Waals surface area contributed by atoms with Crippen LogP contribution in [0.5, 0.6) is 0 Å². The summed E-state index contributed by atoms with van der Waals surface area (Å²) in [5, 5.41) is 5.77. The monoisotopic (exact) mass is 214 g/mol. The van der Waals surface area contributed by atoms with E-state index < -0.39 is 0 Å². The Labute approximate surface area is 94.5 Å². The Morgan fingerprint density at radius 1 is 1.31 bits per heavy atom. The lowest BCUT2D eigenvalue weighted by atomic mass is 10.0. The minimum absolute atomic E-state index is 0.154. The summed E-state index contributed by atoms with van der Waals surface area (Å²) in [6, 6.07) is 8.35. The van der Waals surface area contributed by atoms with Gasteiger partial charge in [-0.15, -0.1) is 0 Å². The molecule has 0 bridgehead atoms. The zero-order chi connectivity index (χ0) is 10.8. The molecule has 2 aromatic rings. The zero-order valence-corrected chi connectivity index (χ0v) is 9.02. The zero-order valence-electron chi connectivity index (χ0n) is 9.02. The molecule has 1 aromatic carbocycles. The molecule has 1 aliphatic rings. The molecule has 1 aromatic heterocycles. The number of nitrogens with one attached hydrogen (secondary N) is 1. The van der Waals surface area contributed by atoms with Gasteiger partial charge in [-0.3, -0.25) is 4.98 Å². The van der Waals surface area contributed by atoms with Gasteiger partial charge < -0.3 is 10.1 Å². The molecule has 1 unspecified atom stereocenters. The Morgan fingerprint density at radius 3 is 3.19 bits per heavy atom. The Kier molecular flexibility index (Phi) is 2.56. The van der Waals surface area contributed by atoms with Gasteiger partial charge in [-0.1, -0.05) is 18.2 Å². The number of rotatable bonds is 1. The number of fused-ring (bicyclic) bond motifs is 1. The van der Waals surface area contributed by atoms with Gasteiger partial charge in [0.15, 0.2) is 0 Å². The van der Waals surface area contributed by atoms with Crippen molar-refractivity contribution in [3.8, 4) is 0 Å². The smallest absolute Gasteiger partial charge is 0.0956 e. The number of nitrogens with zero attached hydrogens (tertiary/aromatic N) is 1. The van der Waals surface area contributed by atoms with Crippen molar-refractivity contribution in [1.29, 1.82) is 0 Å². The Hall–Kier alpha value is -1.45. The van der Waals surface area contributed by atoms with Gasteiger partial charge in [-0.05, 0) is 17.0 Å². The number of benzene rings is 1. The lowest BCUT2D eigenvalue weighted by molar-refractivity contribution is 0.0286. The van der Waals surface area contributed by atoms with Crippen molar-refractivity contribution in [3.63, 3.8) is 0 Å². The maximum absolute atomic E-state index is 5.78. The summed E-state index contributed by atoms with van der Waals surface area (Å²) < 4.78 is 5.78. The highest BCUT2D eigenvalue weighted by atomic mass is 16.5. The molecule has 0 saturated carbocycles. The summed E-state index contributed by atoms with van der Waals surface area (Å²) in [4.78, 5) is 4.19. The van der Waals surface area contributed by atoms with E-state index in [0.29, 0.717) is 0 Å². The van der Waals surface area contributed by atoms with Crippen LogP contribution in [0.2, 0.25) is 0 Å². The molecular weight excluding hydrogens is 200 g/mol. The van der Waals surface area contributed by atoms with E-state index in [4.69, 9.17) is 4.74 Å². The van der Waals surface area contributed by atoms with Crippen LogP contribution in [0.15, 0.2) is 36.7 Å². The van der Waals surface area contributed by atoms with Crippen LogP contribution in [0, 0.1) is 0 Å². The predicted octanol–water partition coefficient (Wildman–Crippen LogP) is 1.90. The van der Waals surface area contributed by atoms with E-state index in [2.05, 4.69) is 28.5 Å². The average molecular weight is 214 g/mol. The summed E-state index contributed by atoms with van der Waals surface area (Å²) in [5.74, 6) is 0. The second-order valence-corrected chi connectivity index (χ2v) is 4.01. The first-order chi connectivity index (χ1) is 7.95. The predicted molar refractivity (Wildman–Crippen MR) is 63.3 cm³/mol. The molecule has 0 spiro atoms. The summed E-state index contributed by atoms with van der Waals surface area (Å²) in [7, 11) is 0. The Bertz CT molecular complexity index is 487. The normalized spacial score (nSPS) is 21.1. The van der Waals surface area contributed by atoms with Gasteiger partial charge in [0.1, 0.15) is 0 Å². The van der Waals surface area contributed by atoms with E-state index in [1.807, 2.05) is 18.5 Å². The highest BCUT2D eigenvalue weighted by Crippen LogP contribution is 2.26. The number of hydrogen-bond acceptors (Lipinski definition) is 3. The molecular formula is C13H14N2O. The minimum Gasteiger partial charge on any atom is -0.371 e. The fraction of sp³-hybridized carbons (Fsp3) is 0.308. The minimum atomic E-state index is 0.154. The second kappa shape index (κ2) is 4.20. The molecule has 82 valence electrons. The third kappa shape index (κ3) is 1.68. The van der Waals surface area contributed by atoms with Crippen LogP contribution in [0.4, 0.5) is 0 Å². The SMILES string of the molecule is c1cc(C2CNCCO2)c2cnccc2c1. The van der Waals surface area contributed by atoms with Gasteiger partial charge in [0.25, 0.3) is 0 Å². The van der Waals surface area contributed by atoms with E-state index >= 15 is 0 Å². The van der Waals surface area contributed by atoms with Crippen LogP contribution < -0.4 is 5.32 Å². The summed E-state index contributed by atoms with van der Waals surface area (Å²) in [6.45, 7) is 2.61. The molecule has 1 fully saturated rings. The van der Waals surface area contributed by atoms with Crippen molar-refractivity contribution in [2.45, 2.75) is 6.10 Å². The van der Waals surface area contributed by atoms with E-state index in [1.165, 1.54) is 16.3 Å². The maximum atomic E-state index is 5.78. The second-order valence-electron chi connectivity index (χ2n) is 4.01. The number of hydrogen-bond donors (Lipinski definition) is 1. The summed E-state index contributed by atoms with van der Waals surface area (Å²) >= 11 is 0. The lowest BCUT2D eigenvalue weighted by Gasteiger charge is -2.24. The quantitative estimate of drug-likeness (QED) is 0.787. The van der Waals surface area contributed by atoms with Gasteiger partial charge >= 0.3 is 0 Å². The van der Waals surface area contributed by atoms with E-state index in [-0.39, 0.29) is 6.10 Å². The van der Waals surface area contributed by atoms with Crippen LogP contribution in [0.3, 0.4) is 0 Å². The van der Waals surface area contributed by atoms with Gasteiger partial charge in [-0.2, -0.15) is 0 Å². The molecule has 3 rings (SSSR count). The first-order valence-corrected chi connectivity index (χ1v) is 5.60. The first kappa shape index (κ1) is 9.75. The fourth-order valence-corrected chi connectivity index (χ4v) is 2.18. The maximum Gasteiger partial charge on any atom is 0.0956 e. The van der Waals surface area contributed by atoms with Crippen molar-refractivity contribution in [1.82, 2.24) is 10.3 Å². The van der Waals surface area contributed by atoms with Crippen molar-refractivity contribution in [2.75, 3.05) is 19.7 Å². The van der Waals surface area contributed by atoms with Gasteiger partial charge in [0, 0.05) is 30.9 Å². The molecule has 2 heterocycles. The molecule has 1 atom stereocenters. The van der Waals surface area contributed by atoms with Crippen molar-refractivity contribution >= 4 is 10.8 Å². The Morgan fingerprint density at radius 2 is 2.31 bits per heavy atom. The largest absolute Gasteiger partial charge is 0.371 e. The van der Waals surface area contributed by atoms with Crippen LogP contribution in [-0.4, -0.2) is 24.7 Å². The molecule has 1 N–H and O–H groups in total. The van der Waals surface area contributed by atoms with Crippen molar-refractivity contribution in [3.05, 3.63) is 42.2 Å². The topological polar surface area (TPSA) is 34.1 Å². The number of aromatic nitrogens is 1. The van der Waals surface area contributed by atoms with E-state index in [0.717, 1.165) is 19.7 Å². The average Bonchev–Trinajstić information content (AvgIpc) is 2.39. The number of ether oxygens (including phenoxy) is 1. The van der Waals surface area contributed by atoms with Crippen molar-refractivity contribution < 1.29 is 4.74 Å². The van der Waals surface area contributed by atoms with E-state index in [1.54, 1.807) is 0 Å². The molecule has 0 aliphatic carbocycles. The molecule has 0 amide bonds. The molecule has 1 aliphatic heterocycles. The molecule has 3 nitrogen and oxygen atoms in total. The Balaban J connectivity index is 2.08. The lowest BCUT2D eigenvalue weighted by Crippen LogP contribution is -2.33. The summed E-state index contributed by atoms with van der Waals surface area (Å²) in [6.07, 6.45) is 3.90. The molecule has 3 heteroatoms. The van der Waals surface area contributed by atoms with Crippen LogP contribution in [-0.2, 0) is 4.74 Å². The third-order valence-corrected chi connectivity index (χ3v) is 2.99. The van der Waals surface area contributed by atoms with Gasteiger partial charge in [0.05, 0.1) is 12.7 Å². The van der Waals surface area contributed by atoms with E-state index in [9.17, 15) is 0 Å². The van der Waals surface area contributed by atoms with Crippen molar-refractivity contribution in [2.24, 2.45) is 0 Å². The number of pyridine rings is 1. The van der Waals surface area contributed by atoms with Crippen LogP contribution in [0.1, 0.15) is 11.7 Å². The first-order valence-electron chi connectivity index (χ1n) is 5.60. The third-order valence-electron chi connectivity index (χ3n) is 2.99. The van der Waals surface area contributed by atoms with Crippen LogP contribution >= 0.6 is 0 Å². The molecule has 1 saturated heterocycles. The van der Waals surface area contributed by atoms with Gasteiger partial charge in [0.2, 0.25) is 0 Å². The van der Waals surface area contributed by atoms with Crippen LogP contribution in [0.25, 0.3) is 10.8 Å².